The molecule has 0 aromatic carbocycles. The fourth-order valence-electron chi connectivity index (χ4n) is 2.14. The Kier molecular flexibility index (Phi) is 5.40. The maximum absolute atomic E-state index is 9.31. The monoisotopic (exact) mass is 202 g/mol. The number of β-amino-alcohol motifs (C(OH)–C–C–N with tert-alkyl or cyclic N) is 1. The SMILES string of the molecule is NCCC1CCCN(CC(O)CO)C1. The van der Waals surface area contributed by atoms with Crippen LogP contribution in [-0.4, -0.2) is 54.0 Å². The fourth-order valence-corrected chi connectivity index (χ4v) is 2.14. The lowest BCUT2D eigenvalue weighted by atomic mass is 9.95. The van der Waals surface area contributed by atoms with E-state index >= 15 is 0 Å². The third-order valence-corrected chi connectivity index (χ3v) is 2.86. The summed E-state index contributed by atoms with van der Waals surface area (Å²) in [4.78, 5) is 2.23. The van der Waals surface area contributed by atoms with Crippen molar-refractivity contribution < 1.29 is 10.2 Å². The van der Waals surface area contributed by atoms with Gasteiger partial charge in [-0.25, -0.2) is 0 Å². The smallest absolute Gasteiger partial charge is 0.0897 e. The lowest BCUT2D eigenvalue weighted by molar-refractivity contribution is 0.0439. The van der Waals surface area contributed by atoms with Crippen LogP contribution in [0.4, 0.5) is 0 Å². The Hall–Kier alpha value is -0.160. The first-order valence-electron chi connectivity index (χ1n) is 5.47. The lowest BCUT2D eigenvalue weighted by Crippen LogP contribution is -2.41. The van der Waals surface area contributed by atoms with E-state index < -0.39 is 6.10 Å². The van der Waals surface area contributed by atoms with E-state index in [1.165, 1.54) is 12.8 Å². The number of rotatable bonds is 5. The van der Waals surface area contributed by atoms with Gasteiger partial charge in [0.1, 0.15) is 0 Å². The molecule has 4 nitrogen and oxygen atoms in total. The summed E-state index contributed by atoms with van der Waals surface area (Å²) >= 11 is 0. The van der Waals surface area contributed by atoms with Gasteiger partial charge in [-0.3, -0.25) is 0 Å². The molecule has 84 valence electrons. The van der Waals surface area contributed by atoms with Crippen LogP contribution in [0.3, 0.4) is 0 Å². The number of piperidine rings is 1. The largest absolute Gasteiger partial charge is 0.394 e. The Morgan fingerprint density at radius 2 is 2.29 bits per heavy atom. The van der Waals surface area contributed by atoms with Gasteiger partial charge in [0.15, 0.2) is 0 Å². The standard InChI is InChI=1S/C10H22N2O2/c11-4-3-9-2-1-5-12(6-9)7-10(14)8-13/h9-10,13-14H,1-8,11H2. The number of likely N-dealkylation sites (tertiary alicyclic amines) is 1. The predicted molar refractivity (Wildman–Crippen MR) is 55.9 cm³/mol. The summed E-state index contributed by atoms with van der Waals surface area (Å²) in [7, 11) is 0. The molecule has 0 bridgehead atoms. The van der Waals surface area contributed by atoms with Crippen molar-refractivity contribution >= 4 is 0 Å². The highest BCUT2D eigenvalue weighted by atomic mass is 16.3. The molecule has 0 amide bonds. The zero-order valence-corrected chi connectivity index (χ0v) is 8.73. The minimum absolute atomic E-state index is 0.141. The summed E-state index contributed by atoms with van der Waals surface area (Å²) in [6.45, 7) is 3.27. The van der Waals surface area contributed by atoms with Gasteiger partial charge in [-0.2, -0.15) is 0 Å². The van der Waals surface area contributed by atoms with E-state index in [0.717, 1.165) is 26.1 Å². The molecule has 0 aromatic heterocycles. The molecule has 0 spiro atoms. The number of hydrogen-bond acceptors (Lipinski definition) is 4. The minimum atomic E-state index is -0.591. The highest BCUT2D eigenvalue weighted by Crippen LogP contribution is 2.18. The second kappa shape index (κ2) is 6.35. The van der Waals surface area contributed by atoms with E-state index in [4.69, 9.17) is 10.8 Å². The molecule has 14 heavy (non-hydrogen) atoms. The van der Waals surface area contributed by atoms with Crippen molar-refractivity contribution in [2.24, 2.45) is 11.7 Å². The van der Waals surface area contributed by atoms with Crippen LogP contribution >= 0.6 is 0 Å². The molecule has 1 aliphatic rings. The second-order valence-electron chi connectivity index (χ2n) is 4.18. The Morgan fingerprint density at radius 3 is 2.93 bits per heavy atom. The topological polar surface area (TPSA) is 69.7 Å². The zero-order chi connectivity index (χ0) is 10.4. The van der Waals surface area contributed by atoms with Crippen LogP contribution in [0.1, 0.15) is 19.3 Å². The Balaban J connectivity index is 2.25. The highest BCUT2D eigenvalue weighted by Gasteiger charge is 2.20. The van der Waals surface area contributed by atoms with Crippen LogP contribution in [0.15, 0.2) is 0 Å². The van der Waals surface area contributed by atoms with Crippen molar-refractivity contribution in [3.63, 3.8) is 0 Å². The van der Waals surface area contributed by atoms with Crippen molar-refractivity contribution in [1.29, 1.82) is 0 Å². The summed E-state index contributed by atoms with van der Waals surface area (Å²) in [5.74, 6) is 0.680. The summed E-state index contributed by atoms with van der Waals surface area (Å²) in [6, 6.07) is 0. The fraction of sp³-hybridized carbons (Fsp3) is 1.00. The Morgan fingerprint density at radius 1 is 1.50 bits per heavy atom. The van der Waals surface area contributed by atoms with E-state index in [9.17, 15) is 5.11 Å². The van der Waals surface area contributed by atoms with Gasteiger partial charge in [-0.1, -0.05) is 0 Å². The number of aliphatic hydroxyl groups is 2. The summed E-state index contributed by atoms with van der Waals surface area (Å²) in [5, 5.41) is 18.0. The van der Waals surface area contributed by atoms with E-state index in [-0.39, 0.29) is 6.61 Å². The van der Waals surface area contributed by atoms with Gasteiger partial charge < -0.3 is 20.8 Å². The average Bonchev–Trinajstić information content (AvgIpc) is 2.19. The molecular weight excluding hydrogens is 180 g/mol. The molecule has 4 heteroatoms. The van der Waals surface area contributed by atoms with Gasteiger partial charge in [0.25, 0.3) is 0 Å². The van der Waals surface area contributed by atoms with E-state index in [0.29, 0.717) is 12.5 Å². The Labute approximate surface area is 85.7 Å². The number of aliphatic hydroxyl groups excluding tert-OH is 2. The minimum Gasteiger partial charge on any atom is -0.394 e. The third kappa shape index (κ3) is 3.92. The molecule has 2 atom stereocenters. The summed E-state index contributed by atoms with van der Waals surface area (Å²) in [5.41, 5.74) is 5.52. The van der Waals surface area contributed by atoms with Crippen molar-refractivity contribution in [2.45, 2.75) is 25.4 Å². The average molecular weight is 202 g/mol. The molecular formula is C10H22N2O2. The number of hydrogen-bond donors (Lipinski definition) is 3. The maximum Gasteiger partial charge on any atom is 0.0897 e. The summed E-state index contributed by atoms with van der Waals surface area (Å²) < 4.78 is 0. The normalized spacial score (nSPS) is 26.4. The van der Waals surface area contributed by atoms with Gasteiger partial charge in [0.2, 0.25) is 0 Å². The first kappa shape index (κ1) is 11.9. The first-order valence-corrected chi connectivity index (χ1v) is 5.47. The molecule has 0 aliphatic carbocycles. The van der Waals surface area contributed by atoms with E-state index in [1.807, 2.05) is 0 Å². The van der Waals surface area contributed by atoms with Gasteiger partial charge in [0, 0.05) is 13.1 Å². The number of nitrogens with two attached hydrogens (primary N) is 1. The van der Waals surface area contributed by atoms with Gasteiger partial charge in [0.05, 0.1) is 12.7 Å². The molecule has 1 fully saturated rings. The molecule has 1 rings (SSSR count). The molecule has 4 N–H and O–H groups in total. The van der Waals surface area contributed by atoms with Crippen LogP contribution in [0.5, 0.6) is 0 Å². The van der Waals surface area contributed by atoms with Crippen molar-refractivity contribution in [3.8, 4) is 0 Å². The quantitative estimate of drug-likeness (QED) is 0.557. The summed E-state index contributed by atoms with van der Waals surface area (Å²) in [6.07, 6.45) is 2.92. The van der Waals surface area contributed by atoms with Gasteiger partial charge in [-0.05, 0) is 38.3 Å². The molecule has 1 heterocycles. The van der Waals surface area contributed by atoms with Crippen LogP contribution in [0.2, 0.25) is 0 Å². The van der Waals surface area contributed by atoms with Crippen LogP contribution in [-0.2, 0) is 0 Å². The van der Waals surface area contributed by atoms with Crippen LogP contribution in [0.25, 0.3) is 0 Å². The molecule has 1 aliphatic heterocycles. The molecule has 0 aromatic rings. The van der Waals surface area contributed by atoms with Crippen LogP contribution in [0, 0.1) is 5.92 Å². The highest BCUT2D eigenvalue weighted by molar-refractivity contribution is 4.75. The van der Waals surface area contributed by atoms with E-state index in [2.05, 4.69) is 4.90 Å². The van der Waals surface area contributed by atoms with Crippen LogP contribution < -0.4 is 5.73 Å². The molecule has 0 saturated carbocycles. The second-order valence-corrected chi connectivity index (χ2v) is 4.18. The predicted octanol–water partition coefficient (Wildman–Crippen LogP) is -0.600. The van der Waals surface area contributed by atoms with Crippen molar-refractivity contribution in [3.05, 3.63) is 0 Å². The number of nitrogens with zero attached hydrogens (tertiary/aromatic N) is 1. The van der Waals surface area contributed by atoms with Gasteiger partial charge >= 0.3 is 0 Å². The van der Waals surface area contributed by atoms with Crippen molar-refractivity contribution in [2.75, 3.05) is 32.8 Å². The van der Waals surface area contributed by atoms with E-state index in [1.54, 1.807) is 0 Å². The third-order valence-electron chi connectivity index (χ3n) is 2.86. The first-order chi connectivity index (χ1) is 6.76. The Bertz CT molecular complexity index is 153. The molecule has 2 unspecified atom stereocenters. The molecule has 1 saturated heterocycles. The lowest BCUT2D eigenvalue weighted by Gasteiger charge is -2.33. The molecule has 0 radical (unpaired) electrons. The zero-order valence-electron chi connectivity index (χ0n) is 8.73. The maximum atomic E-state index is 9.31. The van der Waals surface area contributed by atoms with Crippen molar-refractivity contribution in [1.82, 2.24) is 4.90 Å². The van der Waals surface area contributed by atoms with Gasteiger partial charge in [-0.15, -0.1) is 0 Å².